The first-order valence-electron chi connectivity index (χ1n) is 6.41. The summed E-state index contributed by atoms with van der Waals surface area (Å²) in [5.41, 5.74) is -1.07. The van der Waals surface area contributed by atoms with Crippen molar-refractivity contribution in [2.24, 2.45) is 0 Å². The molecular weight excluding hydrogens is 283 g/mol. The zero-order chi connectivity index (χ0) is 14.5. The molecule has 19 heavy (non-hydrogen) atoms. The maximum atomic E-state index is 11.0. The van der Waals surface area contributed by atoms with Gasteiger partial charge in [0.1, 0.15) is 0 Å². The second-order valence-corrected chi connectivity index (χ2v) is 7.34. The predicted octanol–water partition coefficient (Wildman–Crippen LogP) is 4.24. The molecule has 1 saturated heterocycles. The minimum absolute atomic E-state index is 0.344. The van der Waals surface area contributed by atoms with E-state index in [0.717, 1.165) is 5.56 Å². The van der Waals surface area contributed by atoms with Gasteiger partial charge in [-0.05, 0) is 51.5 Å². The average Bonchev–Trinajstić information content (AvgIpc) is 2.36. The molecule has 0 aliphatic carbocycles. The van der Waals surface area contributed by atoms with Crippen LogP contribution in [-0.4, -0.2) is 21.9 Å². The summed E-state index contributed by atoms with van der Waals surface area (Å²) < 4.78 is 5.97. The van der Waals surface area contributed by atoms with Crippen molar-refractivity contribution in [3.8, 4) is 0 Å². The maximum absolute atomic E-state index is 11.0. The van der Waals surface area contributed by atoms with Crippen LogP contribution in [0, 0.1) is 0 Å². The van der Waals surface area contributed by atoms with E-state index in [1.54, 1.807) is 12.1 Å². The first-order valence-corrected chi connectivity index (χ1v) is 7.17. The van der Waals surface area contributed by atoms with E-state index in [-0.39, 0.29) is 5.60 Å². The highest BCUT2D eigenvalue weighted by Crippen LogP contribution is 2.47. The number of ether oxygens (including phenoxy) is 1. The van der Waals surface area contributed by atoms with Crippen molar-refractivity contribution < 1.29 is 9.84 Å². The Balaban J connectivity index is 2.34. The molecule has 1 N–H and O–H groups in total. The van der Waals surface area contributed by atoms with E-state index in [9.17, 15) is 5.11 Å². The van der Waals surface area contributed by atoms with Crippen molar-refractivity contribution in [1.82, 2.24) is 0 Å². The van der Waals surface area contributed by atoms with E-state index in [1.165, 1.54) is 0 Å². The van der Waals surface area contributed by atoms with Crippen molar-refractivity contribution in [1.29, 1.82) is 0 Å². The number of benzene rings is 1. The second kappa shape index (κ2) is 4.63. The van der Waals surface area contributed by atoms with Gasteiger partial charge in [0, 0.05) is 22.9 Å². The lowest BCUT2D eigenvalue weighted by atomic mass is 9.78. The normalized spacial score (nSPS) is 28.6. The molecule has 0 saturated carbocycles. The Kier molecular flexibility index (Phi) is 3.68. The molecule has 1 fully saturated rings. The summed E-state index contributed by atoms with van der Waals surface area (Å²) in [4.78, 5) is 0. The molecule has 1 aliphatic heterocycles. The molecule has 1 atom stereocenters. The van der Waals surface area contributed by atoms with Crippen LogP contribution in [0.15, 0.2) is 18.2 Å². The van der Waals surface area contributed by atoms with Gasteiger partial charge >= 0.3 is 0 Å². The first kappa shape index (κ1) is 15.1. The minimum Gasteiger partial charge on any atom is -0.386 e. The third-order valence-corrected chi connectivity index (χ3v) is 4.46. The molecule has 106 valence electrons. The van der Waals surface area contributed by atoms with Gasteiger partial charge in [0.2, 0.25) is 0 Å². The van der Waals surface area contributed by atoms with Gasteiger partial charge in [0.25, 0.3) is 0 Å². The Bertz CT molecular complexity index is 497. The van der Waals surface area contributed by atoms with Crippen LogP contribution in [0.4, 0.5) is 0 Å². The summed E-state index contributed by atoms with van der Waals surface area (Å²) in [6, 6.07) is 5.32. The fraction of sp³-hybridized carbons (Fsp3) is 0.600. The van der Waals surface area contributed by atoms with Crippen LogP contribution >= 0.6 is 23.2 Å². The highest BCUT2D eigenvalue weighted by Gasteiger charge is 2.56. The molecule has 1 heterocycles. The summed E-state index contributed by atoms with van der Waals surface area (Å²) in [6.07, 6.45) is 0.999. The van der Waals surface area contributed by atoms with Crippen LogP contribution in [0.3, 0.4) is 0 Å². The van der Waals surface area contributed by atoms with Gasteiger partial charge in [-0.3, -0.25) is 0 Å². The summed E-state index contributed by atoms with van der Waals surface area (Å²) in [7, 11) is 0. The van der Waals surface area contributed by atoms with E-state index in [2.05, 4.69) is 0 Å². The summed E-state index contributed by atoms with van der Waals surface area (Å²) in [5.74, 6) is 0. The number of rotatable bonds is 2. The zero-order valence-corrected chi connectivity index (χ0v) is 13.3. The van der Waals surface area contributed by atoms with Crippen LogP contribution in [0.25, 0.3) is 0 Å². The van der Waals surface area contributed by atoms with Gasteiger partial charge in [0.05, 0.1) is 16.8 Å². The predicted molar refractivity (Wildman–Crippen MR) is 79.0 cm³/mol. The topological polar surface area (TPSA) is 29.5 Å². The molecular formula is C15H20Cl2O2. The van der Waals surface area contributed by atoms with Crippen LogP contribution in [0.1, 0.15) is 39.7 Å². The lowest BCUT2D eigenvalue weighted by Gasteiger charge is -2.35. The van der Waals surface area contributed by atoms with Gasteiger partial charge in [-0.25, -0.2) is 0 Å². The lowest BCUT2D eigenvalue weighted by Crippen LogP contribution is -2.48. The Morgan fingerprint density at radius 1 is 1.21 bits per heavy atom. The zero-order valence-electron chi connectivity index (χ0n) is 11.8. The van der Waals surface area contributed by atoms with Gasteiger partial charge < -0.3 is 9.84 Å². The summed E-state index contributed by atoms with van der Waals surface area (Å²) >= 11 is 12.2. The fourth-order valence-electron chi connectivity index (χ4n) is 3.01. The van der Waals surface area contributed by atoms with Crippen molar-refractivity contribution in [2.45, 2.75) is 57.3 Å². The molecule has 4 heteroatoms. The Labute approximate surface area is 124 Å². The van der Waals surface area contributed by atoms with Gasteiger partial charge in [-0.2, -0.15) is 0 Å². The summed E-state index contributed by atoms with van der Waals surface area (Å²) in [6.45, 7) is 7.82. The maximum Gasteiger partial charge on any atom is 0.0998 e. The number of hydrogen-bond acceptors (Lipinski definition) is 2. The number of hydrogen-bond donors (Lipinski definition) is 1. The third-order valence-electron chi connectivity index (χ3n) is 3.86. The van der Waals surface area contributed by atoms with Crippen molar-refractivity contribution in [3.05, 3.63) is 33.8 Å². The minimum atomic E-state index is -0.954. The Morgan fingerprint density at radius 3 is 2.37 bits per heavy atom. The quantitative estimate of drug-likeness (QED) is 0.885. The highest BCUT2D eigenvalue weighted by molar-refractivity contribution is 6.33. The molecule has 2 nitrogen and oxygen atoms in total. The van der Waals surface area contributed by atoms with E-state index in [0.29, 0.717) is 22.9 Å². The van der Waals surface area contributed by atoms with Crippen LogP contribution in [0.5, 0.6) is 0 Å². The fourth-order valence-corrected chi connectivity index (χ4v) is 3.39. The average molecular weight is 303 g/mol. The van der Waals surface area contributed by atoms with E-state index >= 15 is 0 Å². The highest BCUT2D eigenvalue weighted by atomic mass is 35.5. The third kappa shape index (κ3) is 2.92. The molecule has 1 unspecified atom stereocenters. The number of halogens is 2. The SMILES string of the molecule is CC1(C)CC(O)(Cc2cc(Cl)ccc2Cl)C(C)(C)O1. The van der Waals surface area contributed by atoms with Crippen molar-refractivity contribution in [3.63, 3.8) is 0 Å². The molecule has 0 spiro atoms. The molecule has 1 aliphatic rings. The van der Waals surface area contributed by atoms with E-state index in [1.807, 2.05) is 33.8 Å². The monoisotopic (exact) mass is 302 g/mol. The Morgan fingerprint density at radius 2 is 1.84 bits per heavy atom. The van der Waals surface area contributed by atoms with Crippen LogP contribution in [-0.2, 0) is 11.2 Å². The summed E-state index contributed by atoms with van der Waals surface area (Å²) in [5, 5.41) is 12.2. The van der Waals surface area contributed by atoms with E-state index in [4.69, 9.17) is 27.9 Å². The molecule has 2 rings (SSSR count). The van der Waals surface area contributed by atoms with Gasteiger partial charge in [-0.15, -0.1) is 0 Å². The molecule has 0 amide bonds. The second-order valence-electron chi connectivity index (χ2n) is 6.49. The lowest BCUT2D eigenvalue weighted by molar-refractivity contribution is -0.125. The Hall–Kier alpha value is -0.280. The smallest absolute Gasteiger partial charge is 0.0998 e. The van der Waals surface area contributed by atoms with Gasteiger partial charge in [-0.1, -0.05) is 23.2 Å². The van der Waals surface area contributed by atoms with E-state index < -0.39 is 11.2 Å². The molecule has 0 radical (unpaired) electrons. The molecule has 0 aromatic heterocycles. The van der Waals surface area contributed by atoms with Crippen LogP contribution in [0.2, 0.25) is 10.0 Å². The van der Waals surface area contributed by atoms with Crippen LogP contribution < -0.4 is 0 Å². The van der Waals surface area contributed by atoms with Crippen molar-refractivity contribution >= 4 is 23.2 Å². The van der Waals surface area contributed by atoms with Gasteiger partial charge in [0.15, 0.2) is 0 Å². The molecule has 0 bridgehead atoms. The number of aliphatic hydroxyl groups is 1. The first-order chi connectivity index (χ1) is 8.55. The standard InChI is InChI=1S/C15H20Cl2O2/c1-13(2)9-15(18,14(3,4)19-13)8-10-7-11(16)5-6-12(10)17/h5-7,18H,8-9H2,1-4H3. The molecule has 1 aromatic carbocycles. The molecule has 1 aromatic rings. The largest absolute Gasteiger partial charge is 0.386 e. The van der Waals surface area contributed by atoms with Crippen molar-refractivity contribution in [2.75, 3.05) is 0 Å².